The fourth-order valence-corrected chi connectivity index (χ4v) is 2.18. The van der Waals surface area contributed by atoms with Gasteiger partial charge in [-0.25, -0.2) is 0 Å². The quantitative estimate of drug-likeness (QED) is 0.868. The van der Waals surface area contributed by atoms with Gasteiger partial charge >= 0.3 is 0 Å². The lowest BCUT2D eigenvalue weighted by Crippen LogP contribution is -2.21. The van der Waals surface area contributed by atoms with Crippen molar-refractivity contribution in [2.24, 2.45) is 0 Å². The molecule has 1 heterocycles. The topological polar surface area (TPSA) is 25.2 Å². The largest absolute Gasteiger partial charge is 0.467 e. The van der Waals surface area contributed by atoms with Crippen LogP contribution in [-0.2, 0) is 12.0 Å². The Kier molecular flexibility index (Phi) is 4.34. The summed E-state index contributed by atoms with van der Waals surface area (Å²) in [5.74, 6) is 1.00. The summed E-state index contributed by atoms with van der Waals surface area (Å²) in [6.45, 7) is 11.7. The van der Waals surface area contributed by atoms with Gasteiger partial charge in [0.25, 0.3) is 0 Å². The Morgan fingerprint density at radius 3 is 2.25 bits per heavy atom. The maximum Gasteiger partial charge on any atom is 0.125 e. The minimum absolute atomic E-state index is 0.191. The average molecular weight is 271 g/mol. The van der Waals surface area contributed by atoms with Gasteiger partial charge in [0.15, 0.2) is 0 Å². The van der Waals surface area contributed by atoms with E-state index in [1.807, 2.05) is 6.07 Å². The van der Waals surface area contributed by atoms with Gasteiger partial charge in [0, 0.05) is 11.6 Å². The van der Waals surface area contributed by atoms with Crippen LogP contribution in [0.5, 0.6) is 0 Å². The van der Waals surface area contributed by atoms with Crippen LogP contribution in [0.1, 0.15) is 45.9 Å². The van der Waals surface area contributed by atoms with Crippen molar-refractivity contribution in [3.05, 3.63) is 47.9 Å². The van der Waals surface area contributed by atoms with E-state index in [9.17, 15) is 0 Å². The molecule has 1 aromatic heterocycles. The average Bonchev–Trinajstić information content (AvgIpc) is 2.83. The maximum atomic E-state index is 5.60. The number of furan rings is 1. The first-order chi connectivity index (χ1) is 9.38. The van der Waals surface area contributed by atoms with E-state index in [0.29, 0.717) is 6.04 Å². The van der Waals surface area contributed by atoms with Crippen LogP contribution in [0.3, 0.4) is 0 Å². The van der Waals surface area contributed by atoms with Crippen LogP contribution in [0.15, 0.2) is 41.0 Å². The smallest absolute Gasteiger partial charge is 0.125 e. The molecule has 2 rings (SSSR count). The van der Waals surface area contributed by atoms with Gasteiger partial charge in [0.2, 0.25) is 0 Å². The lowest BCUT2D eigenvalue weighted by atomic mass is 9.86. The molecule has 108 valence electrons. The van der Waals surface area contributed by atoms with Crippen molar-refractivity contribution in [2.75, 3.05) is 0 Å². The fourth-order valence-electron chi connectivity index (χ4n) is 2.18. The molecule has 0 aliphatic carbocycles. The molecule has 0 amide bonds. The molecule has 0 bridgehead atoms. The van der Waals surface area contributed by atoms with E-state index in [-0.39, 0.29) is 5.41 Å². The zero-order valence-electron chi connectivity index (χ0n) is 13.2. The van der Waals surface area contributed by atoms with Crippen LogP contribution in [0, 0.1) is 0 Å². The third kappa shape index (κ3) is 3.51. The number of hydrogen-bond acceptors (Lipinski definition) is 2. The van der Waals surface area contributed by atoms with E-state index in [1.54, 1.807) is 6.26 Å². The molecule has 0 aliphatic heterocycles. The number of hydrogen-bond donors (Lipinski definition) is 1. The molecule has 0 aliphatic rings. The molecule has 2 nitrogen and oxygen atoms in total. The van der Waals surface area contributed by atoms with E-state index in [1.165, 1.54) is 16.7 Å². The van der Waals surface area contributed by atoms with Crippen LogP contribution in [-0.4, -0.2) is 6.04 Å². The Labute approximate surface area is 122 Å². The lowest BCUT2D eigenvalue weighted by Gasteiger charge is -2.19. The van der Waals surface area contributed by atoms with Gasteiger partial charge in [-0.05, 0) is 22.6 Å². The third-order valence-electron chi connectivity index (χ3n) is 3.48. The Morgan fingerprint density at radius 2 is 1.70 bits per heavy atom. The molecule has 0 saturated carbocycles. The van der Waals surface area contributed by atoms with E-state index in [4.69, 9.17) is 4.42 Å². The summed E-state index contributed by atoms with van der Waals surface area (Å²) in [5.41, 5.74) is 3.94. The van der Waals surface area contributed by atoms with Crippen molar-refractivity contribution in [1.82, 2.24) is 5.32 Å². The SMILES string of the molecule is CC(C)NCc1occc1-c1ccc(C(C)(C)C)cc1. The Morgan fingerprint density at radius 1 is 1.05 bits per heavy atom. The summed E-state index contributed by atoms with van der Waals surface area (Å²) in [6, 6.07) is 11.3. The Balaban J connectivity index is 2.22. The molecule has 0 unspecified atom stereocenters. The molecule has 0 fully saturated rings. The van der Waals surface area contributed by atoms with Crippen LogP contribution in [0.2, 0.25) is 0 Å². The molecule has 2 heteroatoms. The number of nitrogens with one attached hydrogen (secondary N) is 1. The van der Waals surface area contributed by atoms with Crippen LogP contribution in [0.25, 0.3) is 11.1 Å². The van der Waals surface area contributed by atoms with Crippen LogP contribution in [0.4, 0.5) is 0 Å². The van der Waals surface area contributed by atoms with Gasteiger partial charge in [-0.2, -0.15) is 0 Å². The third-order valence-corrected chi connectivity index (χ3v) is 3.48. The summed E-state index contributed by atoms with van der Waals surface area (Å²) < 4.78 is 5.60. The highest BCUT2D eigenvalue weighted by atomic mass is 16.3. The maximum absolute atomic E-state index is 5.60. The first kappa shape index (κ1) is 14.9. The molecule has 0 saturated heterocycles. The highest BCUT2D eigenvalue weighted by Crippen LogP contribution is 2.28. The van der Waals surface area contributed by atoms with Crippen molar-refractivity contribution >= 4 is 0 Å². The minimum atomic E-state index is 0.191. The molecule has 2 aromatic rings. The first-order valence-corrected chi connectivity index (χ1v) is 7.28. The highest BCUT2D eigenvalue weighted by molar-refractivity contribution is 5.65. The van der Waals surface area contributed by atoms with Gasteiger partial charge in [-0.3, -0.25) is 0 Å². The molecule has 1 N–H and O–H groups in total. The summed E-state index contributed by atoms with van der Waals surface area (Å²) >= 11 is 0. The van der Waals surface area contributed by atoms with Gasteiger partial charge < -0.3 is 9.73 Å². The van der Waals surface area contributed by atoms with Crippen molar-refractivity contribution in [3.8, 4) is 11.1 Å². The molecule has 0 radical (unpaired) electrons. The van der Waals surface area contributed by atoms with Crippen molar-refractivity contribution in [3.63, 3.8) is 0 Å². The van der Waals surface area contributed by atoms with E-state index < -0.39 is 0 Å². The predicted octanol–water partition coefficient (Wildman–Crippen LogP) is 4.74. The molecular weight excluding hydrogens is 246 g/mol. The van der Waals surface area contributed by atoms with Gasteiger partial charge in [0.1, 0.15) is 5.76 Å². The summed E-state index contributed by atoms with van der Waals surface area (Å²) in [6.07, 6.45) is 1.77. The van der Waals surface area contributed by atoms with E-state index in [0.717, 1.165) is 12.3 Å². The van der Waals surface area contributed by atoms with Crippen molar-refractivity contribution in [2.45, 2.75) is 52.6 Å². The molecule has 20 heavy (non-hydrogen) atoms. The normalized spacial score (nSPS) is 12.1. The van der Waals surface area contributed by atoms with Gasteiger partial charge in [0.05, 0.1) is 12.8 Å². The summed E-state index contributed by atoms with van der Waals surface area (Å²) in [5, 5.41) is 3.40. The summed E-state index contributed by atoms with van der Waals surface area (Å²) in [7, 11) is 0. The zero-order chi connectivity index (χ0) is 14.8. The zero-order valence-corrected chi connectivity index (χ0v) is 13.2. The second-order valence-corrected chi connectivity index (χ2v) is 6.62. The van der Waals surface area contributed by atoms with Gasteiger partial charge in [-0.1, -0.05) is 58.9 Å². The van der Waals surface area contributed by atoms with Crippen LogP contribution >= 0.6 is 0 Å². The van der Waals surface area contributed by atoms with Crippen LogP contribution < -0.4 is 5.32 Å². The molecule has 0 atom stereocenters. The predicted molar refractivity (Wildman–Crippen MR) is 84.8 cm³/mol. The van der Waals surface area contributed by atoms with E-state index >= 15 is 0 Å². The fraction of sp³-hybridized carbons (Fsp3) is 0.444. The Hall–Kier alpha value is -1.54. The van der Waals surface area contributed by atoms with E-state index in [2.05, 4.69) is 64.2 Å². The first-order valence-electron chi connectivity index (χ1n) is 7.28. The monoisotopic (exact) mass is 271 g/mol. The lowest BCUT2D eigenvalue weighted by molar-refractivity contribution is 0.466. The Bertz CT molecular complexity index is 544. The highest BCUT2D eigenvalue weighted by Gasteiger charge is 2.14. The number of rotatable bonds is 4. The summed E-state index contributed by atoms with van der Waals surface area (Å²) in [4.78, 5) is 0. The molecular formula is C18H25NO. The van der Waals surface area contributed by atoms with Gasteiger partial charge in [-0.15, -0.1) is 0 Å². The van der Waals surface area contributed by atoms with Crippen molar-refractivity contribution < 1.29 is 4.42 Å². The second kappa shape index (κ2) is 5.84. The molecule has 1 aromatic carbocycles. The molecule has 0 spiro atoms. The van der Waals surface area contributed by atoms with Crippen molar-refractivity contribution in [1.29, 1.82) is 0 Å². The number of benzene rings is 1. The second-order valence-electron chi connectivity index (χ2n) is 6.62. The standard InChI is InChI=1S/C18H25NO/c1-13(2)19-12-17-16(10-11-20-17)14-6-8-15(9-7-14)18(3,4)5/h6-11,13,19H,12H2,1-5H3. The minimum Gasteiger partial charge on any atom is -0.467 e.